The van der Waals surface area contributed by atoms with E-state index in [4.69, 9.17) is 0 Å². The highest BCUT2D eigenvalue weighted by molar-refractivity contribution is 5.99. The fraction of sp³-hybridized carbons (Fsp3) is 0.348. The van der Waals surface area contributed by atoms with Crippen molar-refractivity contribution in [3.05, 3.63) is 65.2 Å². The number of aryl methyl sites for hydroxylation is 2. The van der Waals surface area contributed by atoms with Crippen LogP contribution in [0.4, 0.5) is 5.69 Å². The predicted molar refractivity (Wildman–Crippen MR) is 115 cm³/mol. The van der Waals surface area contributed by atoms with Crippen LogP contribution < -0.4 is 10.6 Å². The molecule has 1 unspecified atom stereocenters. The smallest absolute Gasteiger partial charge is 0.251 e. The van der Waals surface area contributed by atoms with Crippen molar-refractivity contribution in [3.63, 3.8) is 0 Å². The van der Waals surface area contributed by atoms with E-state index in [2.05, 4.69) is 10.6 Å². The molecule has 0 spiro atoms. The number of carbonyl (C=O) groups excluding carboxylic acids is 3. The molecule has 0 aliphatic carbocycles. The maximum absolute atomic E-state index is 12.9. The van der Waals surface area contributed by atoms with Crippen molar-refractivity contribution < 1.29 is 14.4 Å². The molecule has 2 aromatic rings. The van der Waals surface area contributed by atoms with Gasteiger partial charge in [0, 0.05) is 18.3 Å². The second-order valence-electron chi connectivity index (χ2n) is 7.67. The van der Waals surface area contributed by atoms with Gasteiger partial charge in [0.05, 0.1) is 6.54 Å². The summed E-state index contributed by atoms with van der Waals surface area (Å²) in [5.41, 5.74) is 3.32. The SMILES string of the molecule is Cc1ccc(NC(=O)CN(C)C(=O)C(NC(=O)c2ccc(C)cc2)C(C)C)cc1. The molecule has 0 heterocycles. The minimum Gasteiger partial charge on any atom is -0.340 e. The number of rotatable bonds is 7. The van der Waals surface area contributed by atoms with Gasteiger partial charge in [-0.25, -0.2) is 0 Å². The van der Waals surface area contributed by atoms with E-state index in [9.17, 15) is 14.4 Å². The molecule has 0 aliphatic heterocycles. The quantitative estimate of drug-likeness (QED) is 0.756. The van der Waals surface area contributed by atoms with Gasteiger partial charge in [0.1, 0.15) is 6.04 Å². The Balaban J connectivity index is 1.99. The summed E-state index contributed by atoms with van der Waals surface area (Å²) in [6, 6.07) is 13.9. The normalized spacial score (nSPS) is 11.7. The number of carbonyl (C=O) groups is 3. The van der Waals surface area contributed by atoms with Gasteiger partial charge in [-0.1, -0.05) is 49.2 Å². The molecular weight excluding hydrogens is 366 g/mol. The van der Waals surface area contributed by atoms with Crippen LogP contribution in [-0.2, 0) is 9.59 Å². The standard InChI is InChI=1S/C23H29N3O3/c1-15(2)21(25-22(28)18-10-6-16(3)7-11-18)23(29)26(5)14-20(27)24-19-12-8-17(4)9-13-19/h6-13,15,21H,14H2,1-5H3,(H,24,27)(H,25,28). The Labute approximate surface area is 172 Å². The summed E-state index contributed by atoms with van der Waals surface area (Å²) in [6.45, 7) is 7.53. The van der Waals surface area contributed by atoms with Crippen LogP contribution >= 0.6 is 0 Å². The second-order valence-corrected chi connectivity index (χ2v) is 7.67. The Morgan fingerprint density at radius 1 is 0.897 bits per heavy atom. The van der Waals surface area contributed by atoms with E-state index >= 15 is 0 Å². The van der Waals surface area contributed by atoms with Gasteiger partial charge in [-0.2, -0.15) is 0 Å². The molecule has 2 aromatic carbocycles. The van der Waals surface area contributed by atoms with Gasteiger partial charge in [0.25, 0.3) is 5.91 Å². The molecule has 0 radical (unpaired) electrons. The molecule has 0 saturated heterocycles. The number of anilines is 1. The number of likely N-dealkylation sites (N-methyl/N-ethyl adjacent to an activating group) is 1. The van der Waals surface area contributed by atoms with Gasteiger partial charge in [-0.05, 0) is 44.0 Å². The second kappa shape index (κ2) is 9.87. The molecule has 3 amide bonds. The van der Waals surface area contributed by atoms with Gasteiger partial charge in [0.15, 0.2) is 0 Å². The summed E-state index contributed by atoms with van der Waals surface area (Å²) in [6.07, 6.45) is 0. The van der Waals surface area contributed by atoms with Gasteiger partial charge >= 0.3 is 0 Å². The largest absolute Gasteiger partial charge is 0.340 e. The highest BCUT2D eigenvalue weighted by Crippen LogP contribution is 2.11. The van der Waals surface area contributed by atoms with Gasteiger partial charge in [-0.3, -0.25) is 14.4 Å². The van der Waals surface area contributed by atoms with Crippen LogP contribution in [0.3, 0.4) is 0 Å². The zero-order valence-corrected chi connectivity index (χ0v) is 17.7. The molecule has 0 bridgehead atoms. The first kappa shape index (κ1) is 22.1. The van der Waals surface area contributed by atoms with E-state index < -0.39 is 6.04 Å². The van der Waals surface area contributed by atoms with E-state index in [0.717, 1.165) is 11.1 Å². The third-order valence-corrected chi connectivity index (χ3v) is 4.63. The fourth-order valence-electron chi connectivity index (χ4n) is 2.81. The summed E-state index contributed by atoms with van der Waals surface area (Å²) in [5, 5.41) is 5.58. The number of hydrogen-bond donors (Lipinski definition) is 2. The van der Waals surface area contributed by atoms with Crippen LogP contribution in [0.5, 0.6) is 0 Å². The maximum atomic E-state index is 12.9. The molecule has 0 fully saturated rings. The van der Waals surface area contributed by atoms with E-state index in [0.29, 0.717) is 11.3 Å². The van der Waals surface area contributed by atoms with Crippen LogP contribution in [0, 0.1) is 19.8 Å². The Morgan fingerprint density at radius 2 is 1.41 bits per heavy atom. The number of benzene rings is 2. The Hall–Kier alpha value is -3.15. The zero-order valence-electron chi connectivity index (χ0n) is 17.7. The number of hydrogen-bond acceptors (Lipinski definition) is 3. The van der Waals surface area contributed by atoms with E-state index in [1.165, 1.54) is 4.90 Å². The molecule has 0 aromatic heterocycles. The van der Waals surface area contributed by atoms with Crippen molar-refractivity contribution in [1.29, 1.82) is 0 Å². The van der Waals surface area contributed by atoms with Crippen molar-refractivity contribution in [2.75, 3.05) is 18.9 Å². The van der Waals surface area contributed by atoms with Crippen molar-refractivity contribution in [1.82, 2.24) is 10.2 Å². The molecule has 0 aliphatic rings. The van der Waals surface area contributed by atoms with Crippen molar-refractivity contribution in [3.8, 4) is 0 Å². The molecule has 154 valence electrons. The van der Waals surface area contributed by atoms with Crippen molar-refractivity contribution in [2.45, 2.75) is 33.7 Å². The van der Waals surface area contributed by atoms with E-state index in [-0.39, 0.29) is 30.2 Å². The first-order valence-corrected chi connectivity index (χ1v) is 9.66. The monoisotopic (exact) mass is 395 g/mol. The van der Waals surface area contributed by atoms with Crippen LogP contribution in [-0.4, -0.2) is 42.3 Å². The van der Waals surface area contributed by atoms with Gasteiger partial charge in [-0.15, -0.1) is 0 Å². The Morgan fingerprint density at radius 3 is 1.93 bits per heavy atom. The lowest BCUT2D eigenvalue weighted by Crippen LogP contribution is -2.51. The molecule has 29 heavy (non-hydrogen) atoms. The lowest BCUT2D eigenvalue weighted by atomic mass is 10.0. The third-order valence-electron chi connectivity index (χ3n) is 4.63. The molecule has 6 heteroatoms. The minimum absolute atomic E-state index is 0.101. The van der Waals surface area contributed by atoms with Crippen LogP contribution in [0.1, 0.15) is 35.3 Å². The molecular formula is C23H29N3O3. The number of nitrogens with one attached hydrogen (secondary N) is 2. The molecule has 6 nitrogen and oxygen atoms in total. The summed E-state index contributed by atoms with van der Waals surface area (Å²) in [5.74, 6) is -1.04. The predicted octanol–water partition coefficient (Wildman–Crippen LogP) is 3.15. The molecule has 2 N–H and O–H groups in total. The topological polar surface area (TPSA) is 78.5 Å². The van der Waals surface area contributed by atoms with Crippen molar-refractivity contribution in [2.24, 2.45) is 5.92 Å². The average molecular weight is 396 g/mol. The number of amides is 3. The van der Waals surface area contributed by atoms with Crippen molar-refractivity contribution >= 4 is 23.4 Å². The van der Waals surface area contributed by atoms with E-state index in [1.807, 2.05) is 64.1 Å². The maximum Gasteiger partial charge on any atom is 0.251 e. The van der Waals surface area contributed by atoms with Crippen LogP contribution in [0.15, 0.2) is 48.5 Å². The third kappa shape index (κ3) is 6.45. The fourth-order valence-corrected chi connectivity index (χ4v) is 2.81. The van der Waals surface area contributed by atoms with Gasteiger partial charge in [0.2, 0.25) is 11.8 Å². The lowest BCUT2D eigenvalue weighted by Gasteiger charge is -2.27. The Bertz CT molecular complexity index is 858. The summed E-state index contributed by atoms with van der Waals surface area (Å²) < 4.78 is 0. The van der Waals surface area contributed by atoms with Gasteiger partial charge < -0.3 is 15.5 Å². The molecule has 0 saturated carbocycles. The highest BCUT2D eigenvalue weighted by Gasteiger charge is 2.28. The highest BCUT2D eigenvalue weighted by atomic mass is 16.2. The summed E-state index contributed by atoms with van der Waals surface area (Å²) in [4.78, 5) is 39.0. The molecule has 2 rings (SSSR count). The number of nitrogens with zero attached hydrogens (tertiary/aromatic N) is 1. The summed E-state index contributed by atoms with van der Waals surface area (Å²) >= 11 is 0. The first-order valence-electron chi connectivity index (χ1n) is 9.66. The summed E-state index contributed by atoms with van der Waals surface area (Å²) in [7, 11) is 1.56. The lowest BCUT2D eigenvalue weighted by molar-refractivity contribution is -0.135. The van der Waals surface area contributed by atoms with Crippen LogP contribution in [0.2, 0.25) is 0 Å². The Kier molecular flexibility index (Phi) is 7.53. The minimum atomic E-state index is -0.721. The first-order chi connectivity index (χ1) is 13.7. The molecule has 1 atom stereocenters. The zero-order chi connectivity index (χ0) is 21.6. The van der Waals surface area contributed by atoms with E-state index in [1.54, 1.807) is 19.2 Å². The van der Waals surface area contributed by atoms with Crippen LogP contribution in [0.25, 0.3) is 0 Å². The average Bonchev–Trinajstić information content (AvgIpc) is 2.67.